The molecule has 4 heteroatoms. The molecule has 0 saturated heterocycles. The lowest BCUT2D eigenvalue weighted by molar-refractivity contribution is -0.137. The summed E-state index contributed by atoms with van der Waals surface area (Å²) >= 11 is 0. The Morgan fingerprint density at radius 2 is 1.35 bits per heavy atom. The zero-order chi connectivity index (χ0) is 29.6. The third-order valence-corrected chi connectivity index (χ3v) is 7.69. The van der Waals surface area contributed by atoms with Crippen LogP contribution in [0.4, 0.5) is 17.1 Å². The van der Waals surface area contributed by atoms with Crippen LogP contribution < -0.4 is 9.64 Å². The molecule has 6 rings (SSSR count). The molecule has 0 spiro atoms. The monoisotopic (exact) mass is 563 g/mol. The third kappa shape index (κ3) is 6.29. The maximum Gasteiger partial charge on any atom is 0.330 e. The predicted octanol–water partition coefficient (Wildman–Crippen LogP) is 9.33. The number of carbonyl (C=O) groups excluding carboxylic acids is 1. The second kappa shape index (κ2) is 12.7. The number of benzene rings is 5. The van der Waals surface area contributed by atoms with Crippen LogP contribution in [-0.2, 0) is 22.4 Å². The lowest BCUT2D eigenvalue weighted by Crippen LogP contribution is -2.11. The van der Waals surface area contributed by atoms with Crippen molar-refractivity contribution in [2.75, 3.05) is 18.1 Å². The molecule has 0 aliphatic heterocycles. The fraction of sp³-hybridized carbons (Fsp3) is 0.103. The molecule has 0 heterocycles. The van der Waals surface area contributed by atoms with E-state index in [2.05, 4.69) is 109 Å². The second-order valence-electron chi connectivity index (χ2n) is 10.5. The number of carbonyl (C=O) groups is 1. The van der Waals surface area contributed by atoms with Gasteiger partial charge in [0.1, 0.15) is 5.75 Å². The van der Waals surface area contributed by atoms with Gasteiger partial charge in [-0.05, 0) is 87.1 Å². The molecule has 0 saturated carbocycles. The van der Waals surface area contributed by atoms with Crippen molar-refractivity contribution < 1.29 is 14.3 Å². The molecule has 43 heavy (non-hydrogen) atoms. The fourth-order valence-corrected chi connectivity index (χ4v) is 5.44. The zero-order valence-corrected chi connectivity index (χ0v) is 24.0. The average molecular weight is 564 g/mol. The van der Waals surface area contributed by atoms with E-state index in [1.165, 1.54) is 33.5 Å². The van der Waals surface area contributed by atoms with Crippen LogP contribution in [0, 0.1) is 0 Å². The Morgan fingerprint density at radius 1 is 0.698 bits per heavy atom. The van der Waals surface area contributed by atoms with Gasteiger partial charge in [0.25, 0.3) is 0 Å². The number of ether oxygens (including phenoxy) is 2. The third-order valence-electron chi connectivity index (χ3n) is 7.69. The molecule has 0 amide bonds. The van der Waals surface area contributed by atoms with E-state index in [4.69, 9.17) is 9.47 Å². The molecule has 0 radical (unpaired) electrons. The Morgan fingerprint density at radius 3 is 2.00 bits per heavy atom. The number of rotatable bonds is 12. The molecule has 5 aromatic rings. The average Bonchev–Trinajstić information content (AvgIpc) is 3.47. The molecule has 0 bridgehead atoms. The van der Waals surface area contributed by atoms with Gasteiger partial charge in [-0.15, -0.1) is 0 Å². The molecule has 0 unspecified atom stereocenters. The number of anilines is 3. The first kappa shape index (κ1) is 27.8. The lowest BCUT2D eigenvalue weighted by Gasteiger charge is -2.27. The summed E-state index contributed by atoms with van der Waals surface area (Å²) in [6.07, 6.45) is 8.85. The molecule has 0 N–H and O–H groups in total. The summed E-state index contributed by atoms with van der Waals surface area (Å²) in [5.74, 6) is 0.457. The Balaban J connectivity index is 1.25. The van der Waals surface area contributed by atoms with E-state index in [9.17, 15) is 4.79 Å². The summed E-state index contributed by atoms with van der Waals surface area (Å²) in [5, 5.41) is 2.51. The first-order chi connectivity index (χ1) is 21.1. The number of hydrogen-bond acceptors (Lipinski definition) is 4. The van der Waals surface area contributed by atoms with Crippen molar-refractivity contribution in [1.82, 2.24) is 0 Å². The first-order valence-electron chi connectivity index (χ1n) is 14.5. The minimum Gasteiger partial charge on any atom is -0.493 e. The van der Waals surface area contributed by atoms with Crippen molar-refractivity contribution in [2.45, 2.75) is 12.8 Å². The summed E-state index contributed by atoms with van der Waals surface area (Å²) in [6.45, 7) is 8.18. The van der Waals surface area contributed by atoms with Crippen LogP contribution in [0.15, 0.2) is 122 Å². The van der Waals surface area contributed by atoms with E-state index in [0.29, 0.717) is 19.6 Å². The lowest BCUT2D eigenvalue weighted by atomic mass is 10.0. The number of hydrogen-bond donors (Lipinski definition) is 0. The Labute approximate surface area is 252 Å². The predicted molar refractivity (Wildman–Crippen MR) is 178 cm³/mol. The summed E-state index contributed by atoms with van der Waals surface area (Å²) in [7, 11) is 0. The van der Waals surface area contributed by atoms with Crippen molar-refractivity contribution in [3.8, 4) is 5.75 Å². The second-order valence-corrected chi connectivity index (χ2v) is 10.5. The van der Waals surface area contributed by atoms with E-state index < -0.39 is 5.97 Å². The van der Waals surface area contributed by atoms with Gasteiger partial charge in [0.15, 0.2) is 0 Å². The smallest absolute Gasteiger partial charge is 0.330 e. The van der Waals surface area contributed by atoms with Crippen LogP contribution in [0.3, 0.4) is 0 Å². The van der Waals surface area contributed by atoms with Crippen molar-refractivity contribution >= 4 is 52.0 Å². The van der Waals surface area contributed by atoms with Gasteiger partial charge in [0, 0.05) is 36.0 Å². The summed E-state index contributed by atoms with van der Waals surface area (Å²) in [4.78, 5) is 13.7. The van der Waals surface area contributed by atoms with Gasteiger partial charge in [-0.2, -0.15) is 0 Å². The normalized spacial score (nSPS) is 11.3. The first-order valence-corrected chi connectivity index (χ1v) is 14.5. The number of nitrogens with zero attached hydrogens (tertiary/aromatic N) is 1. The maximum atomic E-state index is 11.4. The van der Waals surface area contributed by atoms with Crippen LogP contribution >= 0.6 is 0 Å². The quantitative estimate of drug-likeness (QED) is 0.110. The Kier molecular flexibility index (Phi) is 8.19. The number of esters is 1. The van der Waals surface area contributed by atoms with Gasteiger partial charge >= 0.3 is 5.97 Å². The van der Waals surface area contributed by atoms with Gasteiger partial charge in [0.05, 0.1) is 13.2 Å². The van der Waals surface area contributed by atoms with Gasteiger partial charge < -0.3 is 14.4 Å². The van der Waals surface area contributed by atoms with Crippen LogP contribution in [0.25, 0.3) is 29.0 Å². The molecule has 4 nitrogen and oxygen atoms in total. The molecular formula is C39H33NO3. The van der Waals surface area contributed by atoms with Gasteiger partial charge in [0.2, 0.25) is 0 Å². The van der Waals surface area contributed by atoms with E-state index in [0.717, 1.165) is 40.4 Å². The molecule has 0 aromatic heterocycles. The fourth-order valence-electron chi connectivity index (χ4n) is 5.44. The van der Waals surface area contributed by atoms with Crippen molar-refractivity contribution in [3.05, 3.63) is 150 Å². The standard InChI is InChI=1S/C39H33NO3/c1-3-28-12-20-37(21-13-28)42-24-22-29-8-16-34(17-9-29)40(35-18-10-30(11-19-35)23-25-43-38(41)4-2)36-26-32-7-5-6-31-14-15-33(27-36)39(31)32/h3-21,26-27H,1-2,22-25H2. The van der Waals surface area contributed by atoms with E-state index >= 15 is 0 Å². The van der Waals surface area contributed by atoms with Crippen LogP contribution in [-0.4, -0.2) is 19.2 Å². The highest BCUT2D eigenvalue weighted by Crippen LogP contribution is 2.40. The topological polar surface area (TPSA) is 38.8 Å². The minimum atomic E-state index is -0.401. The van der Waals surface area contributed by atoms with Gasteiger partial charge in [-0.1, -0.05) is 86.0 Å². The Bertz CT molecular complexity index is 1800. The van der Waals surface area contributed by atoms with Crippen LogP contribution in [0.2, 0.25) is 0 Å². The SMILES string of the molecule is C=CC(=O)OCCc1ccc(N(c2ccc(CCOc3ccc(C=C)cc3)cc2)c2cc3c4c(cccc4c2)C=C3)cc1. The molecule has 1 aliphatic carbocycles. The molecule has 5 aromatic carbocycles. The van der Waals surface area contributed by atoms with E-state index in [-0.39, 0.29) is 0 Å². The summed E-state index contributed by atoms with van der Waals surface area (Å²) in [6, 6.07) is 36.1. The van der Waals surface area contributed by atoms with Crippen molar-refractivity contribution in [2.24, 2.45) is 0 Å². The molecule has 0 fully saturated rings. The Hall–Kier alpha value is -5.35. The van der Waals surface area contributed by atoms with Gasteiger partial charge in [-0.3, -0.25) is 0 Å². The molecule has 212 valence electrons. The van der Waals surface area contributed by atoms with Crippen molar-refractivity contribution in [3.63, 3.8) is 0 Å². The highest BCUT2D eigenvalue weighted by atomic mass is 16.5. The highest BCUT2D eigenvalue weighted by Gasteiger charge is 2.17. The summed E-state index contributed by atoms with van der Waals surface area (Å²) < 4.78 is 11.1. The maximum absolute atomic E-state index is 11.4. The highest BCUT2D eigenvalue weighted by molar-refractivity contribution is 6.07. The molecular weight excluding hydrogens is 530 g/mol. The minimum absolute atomic E-state index is 0.321. The van der Waals surface area contributed by atoms with Crippen LogP contribution in [0.1, 0.15) is 27.8 Å². The van der Waals surface area contributed by atoms with E-state index in [1.54, 1.807) is 0 Å². The van der Waals surface area contributed by atoms with Crippen LogP contribution in [0.5, 0.6) is 5.75 Å². The molecule has 0 atom stereocenters. The molecule has 1 aliphatic rings. The zero-order valence-electron chi connectivity index (χ0n) is 24.0. The summed E-state index contributed by atoms with van der Waals surface area (Å²) in [5.41, 5.74) is 9.09. The van der Waals surface area contributed by atoms with Gasteiger partial charge in [-0.25, -0.2) is 4.79 Å². The van der Waals surface area contributed by atoms with E-state index in [1.807, 2.05) is 30.3 Å². The largest absolute Gasteiger partial charge is 0.493 e. The van der Waals surface area contributed by atoms with Crippen molar-refractivity contribution in [1.29, 1.82) is 0 Å².